The van der Waals surface area contributed by atoms with Crippen LogP contribution in [-0.2, 0) is 6.42 Å². The third-order valence-electron chi connectivity index (χ3n) is 6.19. The molecule has 0 bridgehead atoms. The third-order valence-corrected chi connectivity index (χ3v) is 6.19. The molecule has 1 aliphatic rings. The highest BCUT2D eigenvalue weighted by molar-refractivity contribution is 5.98. The van der Waals surface area contributed by atoms with Gasteiger partial charge in [-0.25, -0.2) is 4.68 Å². The highest BCUT2D eigenvalue weighted by Gasteiger charge is 2.29. The number of rotatable bonds is 5. The van der Waals surface area contributed by atoms with Gasteiger partial charge in [0.1, 0.15) is 5.69 Å². The number of likely N-dealkylation sites (tertiary alicyclic amines) is 1. The molecule has 3 aromatic carbocycles. The molecule has 0 N–H and O–H groups in total. The van der Waals surface area contributed by atoms with Crippen LogP contribution < -0.4 is 0 Å². The Morgan fingerprint density at radius 2 is 1.41 bits per heavy atom. The van der Waals surface area contributed by atoms with Gasteiger partial charge >= 0.3 is 0 Å². The first-order valence-corrected chi connectivity index (χ1v) is 11.2. The summed E-state index contributed by atoms with van der Waals surface area (Å²) in [5.74, 6) is 0.569. The molecule has 1 aliphatic heterocycles. The Kier molecular flexibility index (Phi) is 5.79. The third kappa shape index (κ3) is 4.19. The fourth-order valence-corrected chi connectivity index (χ4v) is 4.47. The van der Waals surface area contributed by atoms with Crippen LogP contribution in [0.2, 0.25) is 0 Å². The lowest BCUT2D eigenvalue weighted by Gasteiger charge is -2.31. The molecule has 5 nitrogen and oxygen atoms in total. The summed E-state index contributed by atoms with van der Waals surface area (Å²) in [4.78, 5) is 15.5. The highest BCUT2D eigenvalue weighted by atomic mass is 16.2. The minimum absolute atomic E-state index is 0.0378. The molecule has 1 fully saturated rings. The van der Waals surface area contributed by atoms with Crippen molar-refractivity contribution in [1.29, 1.82) is 0 Å². The number of carbonyl (C=O) groups is 1. The van der Waals surface area contributed by atoms with E-state index in [1.54, 1.807) is 4.68 Å². The Balaban J connectivity index is 1.38. The van der Waals surface area contributed by atoms with Crippen LogP contribution in [0.3, 0.4) is 0 Å². The molecule has 1 aromatic heterocycles. The number of amides is 1. The van der Waals surface area contributed by atoms with Gasteiger partial charge in [0.15, 0.2) is 5.69 Å². The number of hydrogen-bond donors (Lipinski definition) is 0. The largest absolute Gasteiger partial charge is 0.337 e. The molecule has 1 saturated heterocycles. The molecule has 0 spiro atoms. The van der Waals surface area contributed by atoms with Crippen LogP contribution in [0.1, 0.15) is 28.9 Å². The predicted molar refractivity (Wildman–Crippen MR) is 126 cm³/mol. The summed E-state index contributed by atoms with van der Waals surface area (Å²) in [6.07, 6.45) is 3.09. The summed E-state index contributed by atoms with van der Waals surface area (Å²) in [7, 11) is 0. The predicted octanol–water partition coefficient (Wildman–Crippen LogP) is 5.03. The van der Waals surface area contributed by atoms with E-state index in [1.165, 1.54) is 5.56 Å². The van der Waals surface area contributed by atoms with Crippen molar-refractivity contribution in [2.45, 2.75) is 19.3 Å². The van der Waals surface area contributed by atoms with Gasteiger partial charge in [-0.3, -0.25) is 4.79 Å². The van der Waals surface area contributed by atoms with Crippen molar-refractivity contribution in [2.75, 3.05) is 13.1 Å². The molecule has 1 amide bonds. The van der Waals surface area contributed by atoms with E-state index in [0.717, 1.165) is 49.3 Å². The van der Waals surface area contributed by atoms with Gasteiger partial charge in [0.2, 0.25) is 0 Å². The van der Waals surface area contributed by atoms with Crippen LogP contribution in [0.15, 0.2) is 91.0 Å². The SMILES string of the molecule is O=C(c1nnn(-c2ccccc2)c1-c1ccccc1)N1CCC(Cc2ccccc2)CC1. The molecular formula is C27H26N4O. The molecule has 0 radical (unpaired) electrons. The number of aromatic nitrogens is 3. The molecular weight excluding hydrogens is 396 g/mol. The Morgan fingerprint density at radius 3 is 2.06 bits per heavy atom. The lowest BCUT2D eigenvalue weighted by Crippen LogP contribution is -2.39. The van der Waals surface area contributed by atoms with Crippen LogP contribution >= 0.6 is 0 Å². The summed E-state index contributed by atoms with van der Waals surface area (Å²) >= 11 is 0. The maximum atomic E-state index is 13.5. The van der Waals surface area contributed by atoms with Crippen molar-refractivity contribution in [3.8, 4) is 16.9 Å². The molecule has 2 heterocycles. The second kappa shape index (κ2) is 9.18. The van der Waals surface area contributed by atoms with E-state index in [-0.39, 0.29) is 5.91 Å². The topological polar surface area (TPSA) is 51.0 Å². The molecule has 0 saturated carbocycles. The first kappa shape index (κ1) is 20.2. The molecule has 5 rings (SSSR count). The second-order valence-electron chi connectivity index (χ2n) is 8.33. The van der Waals surface area contributed by atoms with Gasteiger partial charge < -0.3 is 4.90 Å². The lowest BCUT2D eigenvalue weighted by atomic mass is 9.90. The maximum absolute atomic E-state index is 13.5. The molecule has 4 aromatic rings. The monoisotopic (exact) mass is 422 g/mol. The van der Waals surface area contributed by atoms with Crippen LogP contribution in [0.4, 0.5) is 0 Å². The van der Waals surface area contributed by atoms with Gasteiger partial charge in [-0.1, -0.05) is 84.1 Å². The summed E-state index contributed by atoms with van der Waals surface area (Å²) in [6, 6.07) is 30.4. The van der Waals surface area contributed by atoms with E-state index in [9.17, 15) is 4.79 Å². The normalized spacial score (nSPS) is 14.4. The van der Waals surface area contributed by atoms with Crippen LogP contribution in [0.25, 0.3) is 16.9 Å². The van der Waals surface area contributed by atoms with Gasteiger partial charge in [0.25, 0.3) is 5.91 Å². The number of nitrogens with zero attached hydrogens (tertiary/aromatic N) is 4. The Labute approximate surface area is 188 Å². The van der Waals surface area contributed by atoms with Gasteiger partial charge in [-0.15, -0.1) is 5.10 Å². The number of para-hydroxylation sites is 1. The van der Waals surface area contributed by atoms with E-state index in [4.69, 9.17) is 0 Å². The average molecular weight is 423 g/mol. The lowest BCUT2D eigenvalue weighted by molar-refractivity contribution is 0.0685. The smallest absolute Gasteiger partial charge is 0.276 e. The standard InChI is InChI=1S/C27H26N4O/c32-27(30-18-16-22(17-19-30)20-21-10-4-1-5-11-21)25-26(23-12-6-2-7-13-23)31(29-28-25)24-14-8-3-9-15-24/h1-15,22H,16-20H2. The van der Waals surface area contributed by atoms with Crippen molar-refractivity contribution in [3.63, 3.8) is 0 Å². The molecule has 0 unspecified atom stereocenters. The van der Waals surface area contributed by atoms with Gasteiger partial charge in [0, 0.05) is 18.7 Å². The number of piperidine rings is 1. The number of benzene rings is 3. The fourth-order valence-electron chi connectivity index (χ4n) is 4.47. The summed E-state index contributed by atoms with van der Waals surface area (Å²) < 4.78 is 1.77. The summed E-state index contributed by atoms with van der Waals surface area (Å²) in [5, 5.41) is 8.72. The van der Waals surface area contributed by atoms with Gasteiger partial charge in [0.05, 0.1) is 5.69 Å². The van der Waals surface area contributed by atoms with Crippen LogP contribution in [0.5, 0.6) is 0 Å². The summed E-state index contributed by atoms with van der Waals surface area (Å²) in [5.41, 5.74) is 4.35. The van der Waals surface area contributed by atoms with Crippen molar-refractivity contribution in [2.24, 2.45) is 5.92 Å². The quantitative estimate of drug-likeness (QED) is 0.453. The zero-order chi connectivity index (χ0) is 21.8. The van der Waals surface area contributed by atoms with Crippen molar-refractivity contribution in [3.05, 3.63) is 102 Å². The van der Waals surface area contributed by atoms with Crippen molar-refractivity contribution in [1.82, 2.24) is 19.9 Å². The Hall–Kier alpha value is -3.73. The molecule has 0 atom stereocenters. The molecule has 32 heavy (non-hydrogen) atoms. The molecule has 0 aliphatic carbocycles. The van der Waals surface area contributed by atoms with Gasteiger partial charge in [-0.05, 0) is 42.9 Å². The zero-order valence-corrected chi connectivity index (χ0v) is 18.0. The average Bonchev–Trinajstić information content (AvgIpc) is 3.31. The minimum atomic E-state index is -0.0378. The minimum Gasteiger partial charge on any atom is -0.337 e. The number of hydrogen-bond acceptors (Lipinski definition) is 3. The Bertz CT molecular complexity index is 1160. The second-order valence-corrected chi connectivity index (χ2v) is 8.33. The van der Waals surface area contributed by atoms with E-state index < -0.39 is 0 Å². The zero-order valence-electron chi connectivity index (χ0n) is 18.0. The van der Waals surface area contributed by atoms with Crippen LogP contribution in [-0.4, -0.2) is 38.9 Å². The van der Waals surface area contributed by atoms with E-state index in [0.29, 0.717) is 11.6 Å². The van der Waals surface area contributed by atoms with E-state index in [1.807, 2.05) is 65.6 Å². The van der Waals surface area contributed by atoms with Crippen molar-refractivity contribution < 1.29 is 4.79 Å². The first-order chi connectivity index (χ1) is 15.8. The van der Waals surface area contributed by atoms with Crippen LogP contribution in [0, 0.1) is 5.92 Å². The van der Waals surface area contributed by atoms with E-state index >= 15 is 0 Å². The fraction of sp³-hybridized carbons (Fsp3) is 0.222. The summed E-state index contributed by atoms with van der Waals surface area (Å²) in [6.45, 7) is 1.51. The van der Waals surface area contributed by atoms with E-state index in [2.05, 4.69) is 40.6 Å². The van der Waals surface area contributed by atoms with Gasteiger partial charge in [-0.2, -0.15) is 0 Å². The molecule has 160 valence electrons. The Morgan fingerprint density at radius 1 is 0.812 bits per heavy atom. The highest BCUT2D eigenvalue weighted by Crippen LogP contribution is 2.28. The van der Waals surface area contributed by atoms with Crippen molar-refractivity contribution >= 4 is 5.91 Å². The first-order valence-electron chi connectivity index (χ1n) is 11.2. The molecule has 5 heteroatoms. The number of carbonyl (C=O) groups excluding carboxylic acids is 1. The maximum Gasteiger partial charge on any atom is 0.276 e.